The molecule has 27 heavy (non-hydrogen) atoms. The minimum atomic E-state index is -0.492. The van der Waals surface area contributed by atoms with Crippen LogP contribution in [0.4, 0.5) is 5.69 Å². The third-order valence-electron chi connectivity index (χ3n) is 4.44. The number of carbonyl (C=O) groups is 1. The molecule has 0 saturated heterocycles. The molecule has 0 spiro atoms. The van der Waals surface area contributed by atoms with E-state index in [0.717, 1.165) is 17.0 Å². The first-order chi connectivity index (χ1) is 13.0. The summed E-state index contributed by atoms with van der Waals surface area (Å²) in [5, 5.41) is 4.24. The van der Waals surface area contributed by atoms with Crippen molar-refractivity contribution in [2.24, 2.45) is 0 Å². The number of methoxy groups -OCH3 is 2. The zero-order valence-corrected chi connectivity index (χ0v) is 16.7. The number of nitrogens with zero attached hydrogens (tertiary/aromatic N) is 1. The molecule has 0 amide bonds. The van der Waals surface area contributed by atoms with Gasteiger partial charge >= 0.3 is 5.97 Å². The Labute approximate surface area is 168 Å². The molecule has 0 radical (unpaired) electrons. The van der Waals surface area contributed by atoms with E-state index in [1.807, 2.05) is 49.4 Å². The Kier molecular flexibility index (Phi) is 5.68. The summed E-state index contributed by atoms with van der Waals surface area (Å²) < 4.78 is 10.2. The van der Waals surface area contributed by atoms with Crippen LogP contribution in [-0.4, -0.2) is 25.3 Å². The number of nitrogens with one attached hydrogen (secondary N) is 1. The highest BCUT2D eigenvalue weighted by molar-refractivity contribution is 7.80. The van der Waals surface area contributed by atoms with Crippen LogP contribution in [0.1, 0.15) is 18.5 Å². The van der Waals surface area contributed by atoms with Crippen molar-refractivity contribution in [1.29, 1.82) is 0 Å². The average molecular weight is 403 g/mol. The van der Waals surface area contributed by atoms with Gasteiger partial charge in [0.2, 0.25) is 0 Å². The van der Waals surface area contributed by atoms with Gasteiger partial charge < -0.3 is 14.8 Å². The second-order valence-corrected chi connectivity index (χ2v) is 6.72. The number of thiocarbonyl (C=S) groups is 1. The number of carbonyl (C=O) groups excluding carboxylic acids is 1. The Morgan fingerprint density at radius 2 is 1.81 bits per heavy atom. The summed E-state index contributed by atoms with van der Waals surface area (Å²) in [5.74, 6) is 0.296. The number of halogens is 1. The number of benzene rings is 2. The molecule has 0 saturated carbocycles. The highest BCUT2D eigenvalue weighted by Crippen LogP contribution is 2.36. The van der Waals surface area contributed by atoms with Gasteiger partial charge in [-0.25, -0.2) is 4.79 Å². The topological polar surface area (TPSA) is 50.8 Å². The lowest BCUT2D eigenvalue weighted by Crippen LogP contribution is -2.48. The minimum Gasteiger partial charge on any atom is -0.497 e. The van der Waals surface area contributed by atoms with Crippen molar-refractivity contribution in [1.82, 2.24) is 5.32 Å². The number of anilines is 1. The number of hydrogen-bond acceptors (Lipinski definition) is 4. The second kappa shape index (κ2) is 7.98. The molecule has 1 atom stereocenters. The van der Waals surface area contributed by atoms with Crippen molar-refractivity contribution in [3.05, 3.63) is 70.4 Å². The molecule has 2 aromatic carbocycles. The summed E-state index contributed by atoms with van der Waals surface area (Å²) in [4.78, 5) is 14.4. The lowest BCUT2D eigenvalue weighted by atomic mass is 9.94. The number of rotatable bonds is 4. The van der Waals surface area contributed by atoms with E-state index in [1.54, 1.807) is 18.1 Å². The predicted molar refractivity (Wildman–Crippen MR) is 110 cm³/mol. The first-order valence-corrected chi connectivity index (χ1v) is 9.04. The van der Waals surface area contributed by atoms with Gasteiger partial charge in [0.1, 0.15) is 5.75 Å². The first-order valence-electron chi connectivity index (χ1n) is 8.26. The van der Waals surface area contributed by atoms with Gasteiger partial charge in [-0.15, -0.1) is 0 Å². The maximum absolute atomic E-state index is 12.6. The average Bonchev–Trinajstić information content (AvgIpc) is 2.68. The Morgan fingerprint density at radius 1 is 1.15 bits per heavy atom. The molecule has 1 heterocycles. The summed E-state index contributed by atoms with van der Waals surface area (Å²) in [6.45, 7) is 1.84. The number of allylic oxidation sites excluding steroid dienone is 1. The Balaban J connectivity index is 2.13. The highest BCUT2D eigenvalue weighted by atomic mass is 35.5. The number of esters is 1. The molecule has 2 aromatic rings. The molecular weight excluding hydrogens is 384 g/mol. The van der Waals surface area contributed by atoms with Crippen LogP contribution in [0, 0.1) is 0 Å². The summed E-state index contributed by atoms with van der Waals surface area (Å²) in [6, 6.07) is 14.3. The van der Waals surface area contributed by atoms with Crippen LogP contribution >= 0.6 is 23.8 Å². The molecule has 1 aliphatic heterocycles. The molecule has 140 valence electrons. The number of hydrogen-bond donors (Lipinski definition) is 1. The Bertz CT molecular complexity index is 912. The molecule has 0 unspecified atom stereocenters. The summed E-state index contributed by atoms with van der Waals surface area (Å²) in [6.07, 6.45) is 0. The largest absolute Gasteiger partial charge is 0.497 e. The van der Waals surface area contributed by atoms with E-state index < -0.39 is 12.0 Å². The lowest BCUT2D eigenvalue weighted by molar-refractivity contribution is -0.136. The molecule has 5 nitrogen and oxygen atoms in total. The van der Waals surface area contributed by atoms with Crippen molar-refractivity contribution >= 4 is 40.6 Å². The van der Waals surface area contributed by atoms with Crippen LogP contribution in [0.2, 0.25) is 5.02 Å². The van der Waals surface area contributed by atoms with E-state index >= 15 is 0 Å². The van der Waals surface area contributed by atoms with Crippen LogP contribution < -0.4 is 15.0 Å². The van der Waals surface area contributed by atoms with Crippen molar-refractivity contribution in [3.8, 4) is 5.75 Å². The highest BCUT2D eigenvalue weighted by Gasteiger charge is 2.36. The van der Waals surface area contributed by atoms with Gasteiger partial charge in [0.05, 0.1) is 25.8 Å². The Morgan fingerprint density at radius 3 is 2.41 bits per heavy atom. The molecule has 0 fully saturated rings. The lowest BCUT2D eigenvalue weighted by Gasteiger charge is -2.37. The van der Waals surface area contributed by atoms with Crippen molar-refractivity contribution in [2.75, 3.05) is 19.1 Å². The van der Waals surface area contributed by atoms with Crippen LogP contribution in [-0.2, 0) is 9.53 Å². The van der Waals surface area contributed by atoms with Gasteiger partial charge in [0, 0.05) is 16.4 Å². The third-order valence-corrected chi connectivity index (χ3v) is 5.08. The number of ether oxygens (including phenoxy) is 2. The summed E-state index contributed by atoms with van der Waals surface area (Å²) >= 11 is 12.0. The smallest absolute Gasteiger partial charge is 0.337 e. The normalized spacial score (nSPS) is 16.8. The fourth-order valence-corrected chi connectivity index (χ4v) is 3.71. The van der Waals surface area contributed by atoms with Gasteiger partial charge in [-0.1, -0.05) is 29.8 Å². The van der Waals surface area contributed by atoms with E-state index in [1.165, 1.54) is 7.11 Å². The third kappa shape index (κ3) is 3.63. The molecular formula is C20H19ClN2O3S. The van der Waals surface area contributed by atoms with Crippen LogP contribution in [0.3, 0.4) is 0 Å². The predicted octanol–water partition coefficient (Wildman–Crippen LogP) is 4.23. The maximum atomic E-state index is 12.6. The zero-order chi connectivity index (χ0) is 19.6. The van der Waals surface area contributed by atoms with Gasteiger partial charge in [-0.3, -0.25) is 4.90 Å². The molecule has 3 rings (SSSR count). The van der Waals surface area contributed by atoms with Crippen molar-refractivity contribution < 1.29 is 14.3 Å². The van der Waals surface area contributed by atoms with Gasteiger partial charge in [-0.2, -0.15) is 0 Å². The fraction of sp³-hybridized carbons (Fsp3) is 0.200. The van der Waals surface area contributed by atoms with Crippen LogP contribution in [0.25, 0.3) is 0 Å². The standard InChI is InChI=1S/C20H19ClN2O3S/c1-12-17(19(24)26-3)18(15-6-4-5-7-16(15)21)22-20(27)23(12)13-8-10-14(25-2)11-9-13/h4-11,18H,1-3H3,(H,22,27)/t18-/m1/s1. The zero-order valence-electron chi connectivity index (χ0n) is 15.2. The van der Waals surface area contributed by atoms with Crippen LogP contribution in [0.5, 0.6) is 5.75 Å². The van der Waals surface area contributed by atoms with E-state index in [9.17, 15) is 4.79 Å². The maximum Gasteiger partial charge on any atom is 0.337 e. The van der Waals surface area contributed by atoms with Crippen molar-refractivity contribution in [2.45, 2.75) is 13.0 Å². The molecule has 7 heteroatoms. The monoisotopic (exact) mass is 402 g/mol. The molecule has 0 aliphatic carbocycles. The molecule has 1 aliphatic rings. The molecule has 1 N–H and O–H groups in total. The van der Waals surface area contributed by atoms with E-state index in [2.05, 4.69) is 5.32 Å². The molecule has 0 aromatic heterocycles. The Hall–Kier alpha value is -2.57. The quantitative estimate of drug-likeness (QED) is 0.610. The van der Waals surface area contributed by atoms with E-state index in [0.29, 0.717) is 21.4 Å². The van der Waals surface area contributed by atoms with Crippen molar-refractivity contribution in [3.63, 3.8) is 0 Å². The summed E-state index contributed by atoms with van der Waals surface area (Å²) in [7, 11) is 2.97. The SMILES string of the molecule is COC(=O)C1=C(C)N(c2ccc(OC)cc2)C(=S)N[C@@H]1c1ccccc1Cl. The minimum absolute atomic E-state index is 0.439. The van der Waals surface area contributed by atoms with E-state index in [-0.39, 0.29) is 0 Å². The fourth-order valence-electron chi connectivity index (χ4n) is 3.10. The second-order valence-electron chi connectivity index (χ2n) is 5.93. The van der Waals surface area contributed by atoms with Gasteiger partial charge in [0.25, 0.3) is 0 Å². The first kappa shape index (κ1) is 19.2. The van der Waals surface area contributed by atoms with Crippen LogP contribution in [0.15, 0.2) is 59.8 Å². The van der Waals surface area contributed by atoms with Gasteiger partial charge in [-0.05, 0) is 55.0 Å². The summed E-state index contributed by atoms with van der Waals surface area (Å²) in [5.41, 5.74) is 2.70. The van der Waals surface area contributed by atoms with E-state index in [4.69, 9.17) is 33.3 Å². The molecule has 0 bridgehead atoms. The van der Waals surface area contributed by atoms with Gasteiger partial charge in [0.15, 0.2) is 5.11 Å².